The van der Waals surface area contributed by atoms with Gasteiger partial charge in [0.25, 0.3) is 0 Å². The Hall–Kier alpha value is -1.76. The summed E-state index contributed by atoms with van der Waals surface area (Å²) < 4.78 is 1.74. The number of nitrogens with zero attached hydrogens (tertiary/aromatic N) is 2. The predicted octanol–water partition coefficient (Wildman–Crippen LogP) is 0.803. The number of nitrogens with one attached hydrogen (secondary N) is 1. The molecule has 0 aliphatic carbocycles. The molecule has 0 aromatic carbocycles. The molecule has 4 nitrogen and oxygen atoms in total. The van der Waals surface area contributed by atoms with Crippen molar-refractivity contribution in [2.75, 3.05) is 6.54 Å². The fourth-order valence-corrected chi connectivity index (χ4v) is 1.16. The zero-order chi connectivity index (χ0) is 10.9. The number of hydrogen-bond acceptors (Lipinski definition) is 2. The first-order valence-corrected chi connectivity index (χ1v) is 5.00. The third kappa shape index (κ3) is 4.87. The summed E-state index contributed by atoms with van der Waals surface area (Å²) in [6.07, 6.45) is 10.6. The van der Waals surface area contributed by atoms with E-state index in [9.17, 15) is 4.79 Å². The van der Waals surface area contributed by atoms with Gasteiger partial charge in [0.05, 0.1) is 0 Å². The Morgan fingerprint density at radius 2 is 2.47 bits per heavy atom. The van der Waals surface area contributed by atoms with E-state index in [2.05, 4.69) is 16.3 Å². The number of carbonyl (C=O) groups is 1. The summed E-state index contributed by atoms with van der Waals surface area (Å²) in [5.41, 5.74) is 0. The molecule has 1 rings (SSSR count). The lowest BCUT2D eigenvalue weighted by Gasteiger charge is -2.03. The van der Waals surface area contributed by atoms with Gasteiger partial charge in [0.2, 0.25) is 5.91 Å². The zero-order valence-electron chi connectivity index (χ0n) is 8.65. The van der Waals surface area contributed by atoms with E-state index < -0.39 is 0 Å². The van der Waals surface area contributed by atoms with Gasteiger partial charge in [0, 0.05) is 38.3 Å². The van der Waals surface area contributed by atoms with Crippen molar-refractivity contribution < 1.29 is 4.79 Å². The molecule has 0 aliphatic heterocycles. The summed E-state index contributed by atoms with van der Waals surface area (Å²) in [4.78, 5) is 11.3. The van der Waals surface area contributed by atoms with Crippen molar-refractivity contribution in [3.63, 3.8) is 0 Å². The van der Waals surface area contributed by atoms with E-state index in [1.165, 1.54) is 0 Å². The number of terminal acetylenes is 1. The highest BCUT2D eigenvalue weighted by molar-refractivity contribution is 5.75. The summed E-state index contributed by atoms with van der Waals surface area (Å²) >= 11 is 0. The van der Waals surface area contributed by atoms with Crippen LogP contribution in [-0.2, 0) is 11.3 Å². The molecule has 1 heterocycles. The first kappa shape index (κ1) is 11.3. The second-order valence-corrected chi connectivity index (χ2v) is 3.18. The molecule has 0 radical (unpaired) electrons. The molecule has 0 fully saturated rings. The normalized spacial score (nSPS) is 9.53. The first-order valence-electron chi connectivity index (χ1n) is 5.00. The average molecular weight is 205 g/mol. The van der Waals surface area contributed by atoms with Crippen LogP contribution >= 0.6 is 0 Å². The number of unbranched alkanes of at least 4 members (excludes halogenated alkanes) is 1. The van der Waals surface area contributed by atoms with E-state index in [0.29, 0.717) is 25.9 Å². The summed E-state index contributed by atoms with van der Waals surface area (Å²) in [5.74, 6) is 2.57. The minimum Gasteiger partial charge on any atom is -0.356 e. The summed E-state index contributed by atoms with van der Waals surface area (Å²) in [6.45, 7) is 1.27. The van der Waals surface area contributed by atoms with Crippen LogP contribution in [0.5, 0.6) is 0 Å². The molecule has 1 aromatic rings. The Balaban J connectivity index is 2.07. The van der Waals surface area contributed by atoms with Crippen LogP contribution in [0.2, 0.25) is 0 Å². The molecule has 0 saturated heterocycles. The molecule has 0 unspecified atom stereocenters. The average Bonchev–Trinajstić information content (AvgIpc) is 2.74. The van der Waals surface area contributed by atoms with Crippen molar-refractivity contribution in [1.82, 2.24) is 15.1 Å². The van der Waals surface area contributed by atoms with Crippen LogP contribution in [0.1, 0.15) is 19.3 Å². The molecule has 0 spiro atoms. The van der Waals surface area contributed by atoms with Crippen molar-refractivity contribution in [2.24, 2.45) is 0 Å². The first-order chi connectivity index (χ1) is 7.33. The number of rotatable bonds is 6. The molecular weight excluding hydrogens is 190 g/mol. The van der Waals surface area contributed by atoms with Gasteiger partial charge in [-0.3, -0.25) is 9.48 Å². The molecule has 0 aliphatic rings. The van der Waals surface area contributed by atoms with Crippen molar-refractivity contribution in [2.45, 2.75) is 25.8 Å². The Morgan fingerprint density at radius 3 is 3.13 bits per heavy atom. The number of carbonyl (C=O) groups excluding carboxylic acids is 1. The second kappa shape index (κ2) is 6.66. The fraction of sp³-hybridized carbons (Fsp3) is 0.455. The summed E-state index contributed by atoms with van der Waals surface area (Å²) in [5, 5.41) is 6.81. The Morgan fingerprint density at radius 1 is 1.60 bits per heavy atom. The second-order valence-electron chi connectivity index (χ2n) is 3.18. The Kier molecular flexibility index (Phi) is 5.02. The number of aryl methyl sites for hydroxylation is 1. The standard InChI is InChI=1S/C11H15N3O/c1-2-3-4-7-12-11(15)6-10-14-9-5-8-13-14/h1,5,8-9H,3-4,6-7,10H2,(H,12,15). The largest absolute Gasteiger partial charge is 0.356 e. The lowest BCUT2D eigenvalue weighted by molar-refractivity contribution is -0.121. The van der Waals surface area contributed by atoms with Gasteiger partial charge in [-0.15, -0.1) is 12.3 Å². The summed E-state index contributed by atoms with van der Waals surface area (Å²) in [7, 11) is 0. The van der Waals surface area contributed by atoms with Crippen molar-refractivity contribution >= 4 is 5.91 Å². The minimum atomic E-state index is 0.0440. The quantitative estimate of drug-likeness (QED) is 0.551. The van der Waals surface area contributed by atoms with E-state index in [-0.39, 0.29) is 5.91 Å². The van der Waals surface area contributed by atoms with Gasteiger partial charge in [-0.25, -0.2) is 0 Å². The van der Waals surface area contributed by atoms with Crippen LogP contribution in [0.4, 0.5) is 0 Å². The zero-order valence-corrected chi connectivity index (χ0v) is 8.65. The van der Waals surface area contributed by atoms with E-state index >= 15 is 0 Å². The molecule has 4 heteroatoms. The highest BCUT2D eigenvalue weighted by Crippen LogP contribution is 1.90. The molecule has 1 N–H and O–H groups in total. The van der Waals surface area contributed by atoms with Crippen LogP contribution in [0.3, 0.4) is 0 Å². The molecule has 0 bridgehead atoms. The maximum atomic E-state index is 11.3. The maximum Gasteiger partial charge on any atom is 0.221 e. The third-order valence-corrected chi connectivity index (χ3v) is 1.95. The van der Waals surface area contributed by atoms with E-state index in [1.807, 2.05) is 12.3 Å². The highest BCUT2D eigenvalue weighted by atomic mass is 16.1. The summed E-state index contributed by atoms with van der Waals surface area (Å²) in [6, 6.07) is 1.84. The lowest BCUT2D eigenvalue weighted by Crippen LogP contribution is -2.25. The van der Waals surface area contributed by atoms with Crippen LogP contribution in [0.25, 0.3) is 0 Å². The predicted molar refractivity (Wildman–Crippen MR) is 57.9 cm³/mol. The molecular formula is C11H15N3O. The van der Waals surface area contributed by atoms with Crippen LogP contribution in [0.15, 0.2) is 18.5 Å². The topological polar surface area (TPSA) is 46.9 Å². The van der Waals surface area contributed by atoms with Gasteiger partial charge in [0.1, 0.15) is 0 Å². The molecule has 1 aromatic heterocycles. The van der Waals surface area contributed by atoms with Crippen molar-refractivity contribution in [3.05, 3.63) is 18.5 Å². The Bertz CT molecular complexity index is 324. The van der Waals surface area contributed by atoms with Gasteiger partial charge in [-0.1, -0.05) is 0 Å². The van der Waals surface area contributed by atoms with E-state index in [1.54, 1.807) is 10.9 Å². The van der Waals surface area contributed by atoms with E-state index in [0.717, 1.165) is 6.42 Å². The number of aromatic nitrogens is 2. The van der Waals surface area contributed by atoms with Crippen molar-refractivity contribution in [3.8, 4) is 12.3 Å². The minimum absolute atomic E-state index is 0.0440. The fourth-order valence-electron chi connectivity index (χ4n) is 1.16. The molecule has 80 valence electrons. The molecule has 15 heavy (non-hydrogen) atoms. The van der Waals surface area contributed by atoms with Crippen LogP contribution in [0, 0.1) is 12.3 Å². The van der Waals surface area contributed by atoms with Gasteiger partial charge in [-0.05, 0) is 12.5 Å². The van der Waals surface area contributed by atoms with Crippen LogP contribution < -0.4 is 5.32 Å². The number of hydrogen-bond donors (Lipinski definition) is 1. The van der Waals surface area contributed by atoms with Crippen molar-refractivity contribution in [1.29, 1.82) is 0 Å². The van der Waals surface area contributed by atoms with E-state index in [4.69, 9.17) is 6.42 Å². The van der Waals surface area contributed by atoms with Crippen LogP contribution in [-0.4, -0.2) is 22.2 Å². The molecule has 0 saturated carbocycles. The monoisotopic (exact) mass is 205 g/mol. The maximum absolute atomic E-state index is 11.3. The highest BCUT2D eigenvalue weighted by Gasteiger charge is 2.00. The Labute approximate surface area is 89.7 Å². The SMILES string of the molecule is C#CCCCNC(=O)CCn1cccn1. The molecule has 0 atom stereocenters. The number of amides is 1. The van der Waals surface area contributed by atoms with Gasteiger partial charge >= 0.3 is 0 Å². The smallest absolute Gasteiger partial charge is 0.221 e. The third-order valence-electron chi connectivity index (χ3n) is 1.95. The lowest BCUT2D eigenvalue weighted by atomic mass is 10.3. The van der Waals surface area contributed by atoms with Gasteiger partial charge < -0.3 is 5.32 Å². The van der Waals surface area contributed by atoms with Gasteiger partial charge in [0.15, 0.2) is 0 Å². The molecule has 1 amide bonds. The van der Waals surface area contributed by atoms with Gasteiger partial charge in [-0.2, -0.15) is 5.10 Å².